The highest BCUT2D eigenvalue weighted by Crippen LogP contribution is 2.34. The molecule has 6 nitrogen and oxygen atoms in total. The average molecular weight is 435 g/mol. The molecule has 0 bridgehead atoms. The van der Waals surface area contributed by atoms with E-state index in [1.165, 1.54) is 18.3 Å². The normalized spacial score (nSPS) is 11.9. The van der Waals surface area contributed by atoms with Crippen molar-refractivity contribution in [2.75, 3.05) is 5.32 Å². The van der Waals surface area contributed by atoms with Crippen LogP contribution in [0.2, 0.25) is 0 Å². The molecule has 3 aromatic heterocycles. The second kappa shape index (κ2) is 7.23. The largest absolute Gasteiger partial charge is 0.416 e. The Kier molecular flexibility index (Phi) is 4.47. The lowest BCUT2D eigenvalue weighted by atomic mass is 10.1. The lowest BCUT2D eigenvalue weighted by molar-refractivity contribution is -0.137. The number of carbonyl (C=O) groups excluding carboxylic acids is 1. The number of amides is 1. The molecular formula is C23H16F3N5O. The van der Waals surface area contributed by atoms with Gasteiger partial charge in [0.05, 0.1) is 16.6 Å². The molecule has 2 aromatic carbocycles. The molecule has 0 saturated heterocycles. The van der Waals surface area contributed by atoms with Gasteiger partial charge in [-0.3, -0.25) is 19.0 Å². The fourth-order valence-electron chi connectivity index (χ4n) is 3.73. The maximum atomic E-state index is 13.0. The van der Waals surface area contributed by atoms with Crippen molar-refractivity contribution >= 4 is 33.5 Å². The van der Waals surface area contributed by atoms with Gasteiger partial charge in [-0.15, -0.1) is 0 Å². The molecule has 0 aliphatic rings. The van der Waals surface area contributed by atoms with Crippen molar-refractivity contribution in [2.45, 2.75) is 6.18 Å². The molecule has 0 radical (unpaired) electrons. The van der Waals surface area contributed by atoms with E-state index in [4.69, 9.17) is 0 Å². The molecule has 0 atom stereocenters. The first-order chi connectivity index (χ1) is 15.3. The van der Waals surface area contributed by atoms with E-state index < -0.39 is 11.7 Å². The van der Waals surface area contributed by atoms with Crippen molar-refractivity contribution in [3.63, 3.8) is 0 Å². The Bertz CT molecular complexity index is 1450. The number of aryl methyl sites for hydroxylation is 1. The van der Waals surface area contributed by atoms with Crippen LogP contribution in [0.25, 0.3) is 27.6 Å². The highest BCUT2D eigenvalue weighted by molar-refractivity contribution is 6.11. The minimum absolute atomic E-state index is 0.290. The molecule has 5 rings (SSSR count). The third kappa shape index (κ3) is 3.37. The van der Waals surface area contributed by atoms with Gasteiger partial charge in [-0.05, 0) is 54.6 Å². The van der Waals surface area contributed by atoms with Crippen molar-refractivity contribution < 1.29 is 18.0 Å². The van der Waals surface area contributed by atoms with Crippen LogP contribution >= 0.6 is 0 Å². The van der Waals surface area contributed by atoms with Crippen molar-refractivity contribution in [2.24, 2.45) is 7.05 Å². The summed E-state index contributed by atoms with van der Waals surface area (Å²) in [6, 6.07) is 13.7. The Hall–Kier alpha value is -4.14. The first-order valence-corrected chi connectivity index (χ1v) is 9.68. The molecule has 1 amide bonds. The first kappa shape index (κ1) is 19.8. The number of carbonyl (C=O) groups is 1. The van der Waals surface area contributed by atoms with E-state index >= 15 is 0 Å². The number of anilines is 1. The van der Waals surface area contributed by atoms with Crippen LogP contribution < -0.4 is 5.32 Å². The fourth-order valence-corrected chi connectivity index (χ4v) is 3.73. The van der Waals surface area contributed by atoms with E-state index in [1.807, 2.05) is 18.3 Å². The number of fused-ring (bicyclic) bond motifs is 3. The van der Waals surface area contributed by atoms with Gasteiger partial charge in [0, 0.05) is 47.8 Å². The van der Waals surface area contributed by atoms with Gasteiger partial charge < -0.3 is 5.32 Å². The van der Waals surface area contributed by atoms with Gasteiger partial charge in [-0.25, -0.2) is 0 Å². The number of benzene rings is 2. The lowest BCUT2D eigenvalue weighted by Crippen LogP contribution is -2.11. The summed E-state index contributed by atoms with van der Waals surface area (Å²) in [5, 5.41) is 8.99. The van der Waals surface area contributed by atoms with E-state index in [2.05, 4.69) is 15.4 Å². The summed E-state index contributed by atoms with van der Waals surface area (Å²) in [7, 11) is 1.77. The molecule has 160 valence electrons. The van der Waals surface area contributed by atoms with E-state index in [1.54, 1.807) is 40.7 Å². The molecule has 9 heteroatoms. The Morgan fingerprint density at radius 1 is 1.03 bits per heavy atom. The summed E-state index contributed by atoms with van der Waals surface area (Å²) in [5.41, 5.74) is 2.24. The highest BCUT2D eigenvalue weighted by atomic mass is 19.4. The molecule has 3 heterocycles. The van der Waals surface area contributed by atoms with Gasteiger partial charge in [0.25, 0.3) is 5.91 Å². The number of halogens is 3. The maximum Gasteiger partial charge on any atom is 0.416 e. The van der Waals surface area contributed by atoms with Gasteiger partial charge in [0.15, 0.2) is 5.65 Å². The minimum atomic E-state index is -4.40. The van der Waals surface area contributed by atoms with Crippen molar-refractivity contribution in [3.8, 4) is 5.69 Å². The zero-order valence-corrected chi connectivity index (χ0v) is 16.8. The third-order valence-corrected chi connectivity index (χ3v) is 5.18. The summed E-state index contributed by atoms with van der Waals surface area (Å²) in [4.78, 5) is 16.4. The van der Waals surface area contributed by atoms with Gasteiger partial charge in [0.2, 0.25) is 0 Å². The van der Waals surface area contributed by atoms with Crippen molar-refractivity contribution in [3.05, 3.63) is 84.3 Å². The van der Waals surface area contributed by atoms with Gasteiger partial charge in [-0.1, -0.05) is 0 Å². The number of pyridine rings is 1. The Balaban J connectivity index is 1.60. The molecule has 32 heavy (non-hydrogen) atoms. The molecule has 5 aromatic rings. The summed E-state index contributed by atoms with van der Waals surface area (Å²) < 4.78 is 42.4. The summed E-state index contributed by atoms with van der Waals surface area (Å²) in [6.45, 7) is 0. The zero-order valence-electron chi connectivity index (χ0n) is 16.8. The second-order valence-electron chi connectivity index (χ2n) is 7.35. The number of rotatable bonds is 3. The van der Waals surface area contributed by atoms with Crippen LogP contribution in [0.1, 0.15) is 15.9 Å². The van der Waals surface area contributed by atoms with Crippen LogP contribution in [0, 0.1) is 0 Å². The summed E-state index contributed by atoms with van der Waals surface area (Å²) >= 11 is 0. The van der Waals surface area contributed by atoms with Crippen LogP contribution in [-0.2, 0) is 13.2 Å². The summed E-state index contributed by atoms with van der Waals surface area (Å²) in [5.74, 6) is -0.290. The minimum Gasteiger partial charge on any atom is -0.322 e. The number of aromatic nitrogens is 4. The molecule has 1 N–H and O–H groups in total. The predicted octanol–water partition coefficient (Wildman–Crippen LogP) is 5.18. The first-order valence-electron chi connectivity index (χ1n) is 9.68. The predicted molar refractivity (Wildman–Crippen MR) is 115 cm³/mol. The number of nitrogens with zero attached hydrogens (tertiary/aromatic N) is 4. The van der Waals surface area contributed by atoms with Gasteiger partial charge in [0.1, 0.15) is 0 Å². The topological polar surface area (TPSA) is 64.7 Å². The van der Waals surface area contributed by atoms with E-state index in [0.29, 0.717) is 22.6 Å². The van der Waals surface area contributed by atoms with Crippen molar-refractivity contribution in [1.82, 2.24) is 19.3 Å². The molecule has 0 aliphatic heterocycles. The number of hydrogen-bond acceptors (Lipinski definition) is 3. The van der Waals surface area contributed by atoms with E-state index in [0.717, 1.165) is 28.4 Å². The molecule has 0 unspecified atom stereocenters. The maximum absolute atomic E-state index is 13.0. The van der Waals surface area contributed by atoms with E-state index in [9.17, 15) is 18.0 Å². The average Bonchev–Trinajstić information content (AvgIpc) is 3.28. The Morgan fingerprint density at radius 3 is 2.50 bits per heavy atom. The number of nitrogens with one attached hydrogen (secondary N) is 1. The van der Waals surface area contributed by atoms with Crippen LogP contribution in [0.5, 0.6) is 0 Å². The number of hydrogen-bond donors (Lipinski definition) is 1. The molecule has 0 saturated carbocycles. The Morgan fingerprint density at radius 2 is 1.81 bits per heavy atom. The monoisotopic (exact) mass is 435 g/mol. The van der Waals surface area contributed by atoms with Crippen LogP contribution in [0.4, 0.5) is 18.9 Å². The molecule has 0 fully saturated rings. The van der Waals surface area contributed by atoms with E-state index in [-0.39, 0.29) is 5.91 Å². The molecule has 0 aliphatic carbocycles. The number of alkyl halides is 3. The second-order valence-corrected chi connectivity index (χ2v) is 7.35. The van der Waals surface area contributed by atoms with Gasteiger partial charge in [-0.2, -0.15) is 18.3 Å². The van der Waals surface area contributed by atoms with Gasteiger partial charge >= 0.3 is 6.18 Å². The molecule has 0 spiro atoms. The molecular weight excluding hydrogens is 419 g/mol. The van der Waals surface area contributed by atoms with Crippen LogP contribution in [0.15, 0.2) is 73.2 Å². The fraction of sp³-hybridized carbons (Fsp3) is 0.0870. The standard InChI is InChI=1S/C23H16F3N5O/c1-30-13-19-18-11-16(28-22(32)14-3-2-10-27-12-14)6-9-20(18)31(21(19)29-30)17-7-4-15(5-8-17)23(24,25)26/h2-13H,1H3,(H,28,32). The third-order valence-electron chi connectivity index (χ3n) is 5.18. The van der Waals surface area contributed by atoms with Crippen LogP contribution in [-0.4, -0.2) is 25.2 Å². The van der Waals surface area contributed by atoms with Crippen molar-refractivity contribution in [1.29, 1.82) is 0 Å². The lowest BCUT2D eigenvalue weighted by Gasteiger charge is -2.10. The SMILES string of the molecule is Cn1cc2c3cc(NC(=O)c4cccnc4)ccc3n(-c3ccc(C(F)(F)F)cc3)c2n1. The Labute approximate surface area is 179 Å². The summed E-state index contributed by atoms with van der Waals surface area (Å²) in [6.07, 6.45) is 0.504. The highest BCUT2D eigenvalue weighted by Gasteiger charge is 2.30. The zero-order chi connectivity index (χ0) is 22.5. The van der Waals surface area contributed by atoms with Crippen LogP contribution in [0.3, 0.4) is 0 Å². The smallest absolute Gasteiger partial charge is 0.322 e. The quantitative estimate of drug-likeness (QED) is 0.425.